The van der Waals surface area contributed by atoms with E-state index >= 15 is 0 Å². The molecule has 40 heavy (non-hydrogen) atoms. The Morgan fingerprint density at radius 3 is 2.62 bits per heavy atom. The van der Waals surface area contributed by atoms with Crippen molar-refractivity contribution in [1.82, 2.24) is 25.0 Å². The van der Waals surface area contributed by atoms with Crippen LogP contribution >= 0.6 is 11.6 Å². The maximum Gasteiger partial charge on any atom is 0.213 e. The third-order valence-electron chi connectivity index (χ3n) is 7.44. The number of halogens is 2. The molecule has 0 radical (unpaired) electrons. The lowest BCUT2D eigenvalue weighted by Crippen LogP contribution is -2.20. The third-order valence-corrected chi connectivity index (χ3v) is 7.73. The summed E-state index contributed by atoms with van der Waals surface area (Å²) in [5.74, 6) is -0.109. The topological polar surface area (TPSA) is 104 Å². The molecule has 2 fully saturated rings. The Bertz CT molecular complexity index is 1640. The van der Waals surface area contributed by atoms with Gasteiger partial charge in [-0.25, -0.2) is 9.67 Å². The predicted octanol–water partition coefficient (Wildman–Crippen LogP) is 7.07. The average molecular weight is 559 g/mol. The van der Waals surface area contributed by atoms with E-state index in [1.807, 2.05) is 12.1 Å². The van der Waals surface area contributed by atoms with Crippen molar-refractivity contribution in [2.24, 2.45) is 5.41 Å². The first-order valence-electron chi connectivity index (χ1n) is 13.7. The van der Waals surface area contributed by atoms with Gasteiger partial charge in [-0.05, 0) is 56.2 Å². The van der Waals surface area contributed by atoms with Gasteiger partial charge < -0.3 is 10.6 Å². The molecule has 2 N–H and O–H groups in total. The number of benzene rings is 1. The van der Waals surface area contributed by atoms with Crippen LogP contribution in [0.25, 0.3) is 10.9 Å². The molecule has 8 nitrogen and oxygen atoms in total. The number of aromatic nitrogens is 5. The van der Waals surface area contributed by atoms with Crippen LogP contribution in [0.15, 0.2) is 30.5 Å². The summed E-state index contributed by atoms with van der Waals surface area (Å²) in [4.78, 5) is 8.61. The standard InChI is InChI=1S/C30H32ClFN8/c1-16-21(9-10-24(32)36-16)27(28-29(17-5-6-17)40(39-38-28)20-7-8-20)37-19-11-22-25(35-15-30(2,3)4)18(13-33)14-34-26(22)23(31)12-19/h9-12,14,17,20,27,37H,5-8,15H2,1-4H3,(H,34,35). The first-order valence-corrected chi connectivity index (χ1v) is 14.1. The molecule has 2 aliphatic carbocycles. The minimum atomic E-state index is -0.525. The number of hydrogen-bond donors (Lipinski definition) is 2. The van der Waals surface area contributed by atoms with Crippen molar-refractivity contribution >= 4 is 33.9 Å². The first kappa shape index (κ1) is 26.5. The van der Waals surface area contributed by atoms with E-state index in [1.54, 1.807) is 19.2 Å². The molecule has 1 aromatic carbocycles. The largest absolute Gasteiger partial charge is 0.383 e. The second kappa shape index (κ2) is 10.0. The minimum Gasteiger partial charge on any atom is -0.383 e. The van der Waals surface area contributed by atoms with E-state index in [4.69, 9.17) is 11.6 Å². The van der Waals surface area contributed by atoms with Crippen molar-refractivity contribution in [3.8, 4) is 6.07 Å². The molecule has 3 aromatic heterocycles. The molecule has 1 atom stereocenters. The second-order valence-corrected chi connectivity index (χ2v) is 12.5. The summed E-state index contributed by atoms with van der Waals surface area (Å²) in [7, 11) is 0. The van der Waals surface area contributed by atoms with E-state index in [1.165, 1.54) is 6.07 Å². The summed E-state index contributed by atoms with van der Waals surface area (Å²) in [6, 6.07) is 9.16. The molecule has 206 valence electrons. The molecule has 0 spiro atoms. The highest BCUT2D eigenvalue weighted by Crippen LogP contribution is 2.48. The van der Waals surface area contributed by atoms with E-state index in [-0.39, 0.29) is 5.41 Å². The Kier molecular flexibility index (Phi) is 6.62. The van der Waals surface area contributed by atoms with E-state index in [0.29, 0.717) is 46.0 Å². The predicted molar refractivity (Wildman–Crippen MR) is 154 cm³/mol. The summed E-state index contributed by atoms with van der Waals surface area (Å²) >= 11 is 6.79. The molecule has 2 aliphatic rings. The van der Waals surface area contributed by atoms with Crippen molar-refractivity contribution in [2.75, 3.05) is 17.2 Å². The van der Waals surface area contributed by atoms with Crippen LogP contribution in [0.2, 0.25) is 5.02 Å². The Labute approximate surface area is 238 Å². The van der Waals surface area contributed by atoms with Gasteiger partial charge in [0.2, 0.25) is 5.95 Å². The molecule has 0 saturated heterocycles. The van der Waals surface area contributed by atoms with E-state index in [2.05, 4.69) is 62.4 Å². The highest BCUT2D eigenvalue weighted by molar-refractivity contribution is 6.35. The number of nitrogens with one attached hydrogen (secondary N) is 2. The van der Waals surface area contributed by atoms with Crippen LogP contribution in [0.4, 0.5) is 15.8 Å². The minimum absolute atomic E-state index is 0.00717. The van der Waals surface area contributed by atoms with Crippen molar-refractivity contribution in [1.29, 1.82) is 5.26 Å². The van der Waals surface area contributed by atoms with Gasteiger partial charge in [-0.15, -0.1) is 5.10 Å². The number of aryl methyl sites for hydroxylation is 1. The second-order valence-electron chi connectivity index (χ2n) is 12.1. The van der Waals surface area contributed by atoms with Gasteiger partial charge in [-0.1, -0.05) is 43.7 Å². The van der Waals surface area contributed by atoms with Crippen molar-refractivity contribution < 1.29 is 4.39 Å². The van der Waals surface area contributed by atoms with Crippen molar-refractivity contribution in [3.63, 3.8) is 0 Å². The number of rotatable bonds is 8. The number of pyridine rings is 2. The van der Waals surface area contributed by atoms with Gasteiger partial charge >= 0.3 is 0 Å². The number of hydrogen-bond acceptors (Lipinski definition) is 7. The highest BCUT2D eigenvalue weighted by atomic mass is 35.5. The third kappa shape index (κ3) is 5.20. The monoisotopic (exact) mass is 558 g/mol. The maximum atomic E-state index is 14.1. The van der Waals surface area contributed by atoms with Crippen LogP contribution in [-0.4, -0.2) is 31.5 Å². The number of nitrogens with zero attached hydrogens (tertiary/aromatic N) is 6. The molecule has 2 saturated carbocycles. The van der Waals surface area contributed by atoms with Crippen LogP contribution in [0.1, 0.15) is 92.7 Å². The zero-order chi connectivity index (χ0) is 28.2. The molecular formula is C30H32ClFN8. The molecular weight excluding hydrogens is 527 g/mol. The maximum absolute atomic E-state index is 14.1. The van der Waals surface area contributed by atoms with Gasteiger partial charge in [0.1, 0.15) is 11.8 Å². The summed E-state index contributed by atoms with van der Waals surface area (Å²) in [6.07, 6.45) is 5.98. The molecule has 4 aromatic rings. The molecule has 0 bridgehead atoms. The fraction of sp³-hybridized carbons (Fsp3) is 0.433. The van der Waals surface area contributed by atoms with Gasteiger partial charge in [-0.2, -0.15) is 9.65 Å². The quantitative estimate of drug-likeness (QED) is 0.223. The molecule has 0 aliphatic heterocycles. The molecule has 1 unspecified atom stereocenters. The molecule has 0 amide bonds. The van der Waals surface area contributed by atoms with Crippen LogP contribution in [-0.2, 0) is 0 Å². The normalized spacial score (nSPS) is 16.1. The van der Waals surface area contributed by atoms with Crippen LogP contribution in [0.5, 0.6) is 0 Å². The van der Waals surface area contributed by atoms with Gasteiger partial charge in [0.25, 0.3) is 0 Å². The van der Waals surface area contributed by atoms with E-state index in [9.17, 15) is 9.65 Å². The van der Waals surface area contributed by atoms with Gasteiger partial charge in [-0.3, -0.25) is 4.98 Å². The number of fused-ring (bicyclic) bond motifs is 1. The highest BCUT2D eigenvalue weighted by Gasteiger charge is 2.39. The van der Waals surface area contributed by atoms with Crippen LogP contribution in [0, 0.1) is 29.6 Å². The average Bonchev–Trinajstić information content (AvgIpc) is 3.84. The fourth-order valence-corrected chi connectivity index (χ4v) is 5.41. The van der Waals surface area contributed by atoms with Crippen LogP contribution in [0.3, 0.4) is 0 Å². The Hall–Kier alpha value is -3.77. The van der Waals surface area contributed by atoms with Crippen LogP contribution < -0.4 is 10.6 Å². The number of anilines is 2. The lowest BCUT2D eigenvalue weighted by molar-refractivity contribution is 0.443. The van der Waals surface area contributed by atoms with Crippen molar-refractivity contribution in [2.45, 2.75) is 71.4 Å². The zero-order valence-corrected chi connectivity index (χ0v) is 23.8. The fourth-order valence-electron chi connectivity index (χ4n) is 5.14. The van der Waals surface area contributed by atoms with Gasteiger partial charge in [0, 0.05) is 41.0 Å². The Morgan fingerprint density at radius 1 is 1.20 bits per heavy atom. The molecule has 6 rings (SSSR count). The molecule has 10 heteroatoms. The smallest absolute Gasteiger partial charge is 0.213 e. The summed E-state index contributed by atoms with van der Waals surface area (Å²) < 4.78 is 16.2. The molecule has 3 heterocycles. The van der Waals surface area contributed by atoms with Crippen molar-refractivity contribution in [3.05, 3.63) is 69.6 Å². The van der Waals surface area contributed by atoms with Gasteiger partial charge in [0.15, 0.2) is 0 Å². The zero-order valence-electron chi connectivity index (χ0n) is 23.1. The SMILES string of the molecule is Cc1nc(F)ccc1C(Nc1cc(Cl)c2ncc(C#N)c(NCC(C)(C)C)c2c1)c1nnn(C2CC2)c1C1CC1. The Balaban J connectivity index is 1.48. The van der Waals surface area contributed by atoms with E-state index < -0.39 is 12.0 Å². The summed E-state index contributed by atoms with van der Waals surface area (Å²) in [5, 5.41) is 27.4. The first-order chi connectivity index (χ1) is 19.1. The van der Waals surface area contributed by atoms with E-state index in [0.717, 1.165) is 53.7 Å². The summed E-state index contributed by atoms with van der Waals surface area (Å²) in [6.45, 7) is 8.86. The summed E-state index contributed by atoms with van der Waals surface area (Å²) in [5.41, 5.74) is 5.85. The number of nitriles is 1. The van der Waals surface area contributed by atoms with Gasteiger partial charge in [0.05, 0.1) is 39.6 Å². The Morgan fingerprint density at radius 2 is 1.98 bits per heavy atom. The lowest BCUT2D eigenvalue weighted by atomic mass is 9.96. The lowest BCUT2D eigenvalue weighted by Gasteiger charge is -2.23.